The Kier molecular flexibility index (Phi) is 5.64. The second kappa shape index (κ2) is 6.81. The zero-order chi connectivity index (χ0) is 15.3. The lowest BCUT2D eigenvalue weighted by molar-refractivity contribution is 0.0225. The number of rotatable bonds is 1. The average Bonchev–Trinajstić information content (AvgIpc) is 2.81. The van der Waals surface area contributed by atoms with Gasteiger partial charge in [0.1, 0.15) is 5.60 Å². The van der Waals surface area contributed by atoms with Gasteiger partial charge in [-0.3, -0.25) is 4.79 Å². The first kappa shape index (κ1) is 16.6. The van der Waals surface area contributed by atoms with Gasteiger partial charge in [0.05, 0.1) is 12.2 Å². The summed E-state index contributed by atoms with van der Waals surface area (Å²) in [7, 11) is 1.00. The van der Waals surface area contributed by atoms with Crippen LogP contribution in [0.15, 0.2) is 0 Å². The van der Waals surface area contributed by atoms with Crippen LogP contribution in [0.3, 0.4) is 0 Å². The number of aromatic nitrogens is 1. The van der Waals surface area contributed by atoms with Crippen molar-refractivity contribution in [3.05, 3.63) is 15.6 Å². The minimum atomic E-state index is -0.487. The number of aliphatic hydroxyl groups excluding tert-OH is 1. The van der Waals surface area contributed by atoms with Crippen LogP contribution >= 0.6 is 11.3 Å². The van der Waals surface area contributed by atoms with Gasteiger partial charge in [0.2, 0.25) is 0 Å². The number of carbonyl (C=O) groups excluding carboxylic acids is 2. The Balaban J connectivity index is 0.000000956. The molecule has 1 aromatic rings. The number of aliphatic hydroxyl groups is 1. The fraction of sp³-hybridized carbons (Fsp3) is 0.615. The van der Waals surface area contributed by atoms with Gasteiger partial charge in [0.25, 0.3) is 0 Å². The summed E-state index contributed by atoms with van der Waals surface area (Å²) in [6.45, 7) is 6.60. The normalized spacial score (nSPS) is 13.9. The third-order valence-electron chi connectivity index (χ3n) is 2.50. The molecule has 0 atom stereocenters. The van der Waals surface area contributed by atoms with E-state index in [2.05, 4.69) is 4.98 Å². The molecule has 2 rings (SSSR count). The Labute approximate surface area is 122 Å². The van der Waals surface area contributed by atoms with Gasteiger partial charge in [-0.15, -0.1) is 11.3 Å². The number of hydrogen-bond acceptors (Lipinski definition) is 6. The maximum Gasteiger partial charge on any atom is 0.410 e. The van der Waals surface area contributed by atoms with Crippen molar-refractivity contribution >= 4 is 23.7 Å². The first-order valence-electron chi connectivity index (χ1n) is 6.25. The van der Waals surface area contributed by atoms with E-state index >= 15 is 0 Å². The van der Waals surface area contributed by atoms with Crippen molar-refractivity contribution in [2.75, 3.05) is 13.7 Å². The van der Waals surface area contributed by atoms with Crippen LogP contribution in [-0.2, 0) is 17.7 Å². The van der Waals surface area contributed by atoms with Crippen LogP contribution in [-0.4, -0.2) is 46.6 Å². The van der Waals surface area contributed by atoms with Crippen molar-refractivity contribution in [3.63, 3.8) is 0 Å². The molecule has 0 fully saturated rings. The van der Waals surface area contributed by atoms with E-state index in [1.54, 1.807) is 4.90 Å². The molecule has 0 bridgehead atoms. The smallest absolute Gasteiger partial charge is 0.410 e. The maximum atomic E-state index is 11.9. The van der Waals surface area contributed by atoms with Crippen LogP contribution in [0.2, 0.25) is 0 Å². The summed E-state index contributed by atoms with van der Waals surface area (Å²) in [5, 5.41) is 7.48. The standard InChI is InChI=1S/C12H16N2O3S.CH4O/c1-12(2,3)17-11(16)14-5-4-8-9(6-14)18-10(7-15)13-8;1-2/h7H,4-6H2,1-3H3;2H,1H3. The molecule has 0 unspecified atom stereocenters. The number of thiazole rings is 1. The Bertz CT molecular complexity index is 479. The molecule has 1 aliphatic heterocycles. The van der Waals surface area contributed by atoms with Gasteiger partial charge in [-0.05, 0) is 20.8 Å². The molecule has 20 heavy (non-hydrogen) atoms. The molecule has 0 radical (unpaired) electrons. The molecule has 7 heteroatoms. The van der Waals surface area contributed by atoms with Gasteiger partial charge in [0, 0.05) is 25.0 Å². The molecular weight excluding hydrogens is 280 g/mol. The summed E-state index contributed by atoms with van der Waals surface area (Å²) in [5.74, 6) is 0. The predicted molar refractivity (Wildman–Crippen MR) is 76.0 cm³/mol. The van der Waals surface area contributed by atoms with Crippen LogP contribution in [0.1, 0.15) is 41.1 Å². The second-order valence-electron chi connectivity index (χ2n) is 5.19. The lowest BCUT2D eigenvalue weighted by Gasteiger charge is -2.29. The van der Waals surface area contributed by atoms with E-state index in [-0.39, 0.29) is 6.09 Å². The van der Waals surface area contributed by atoms with E-state index in [1.807, 2.05) is 20.8 Å². The molecule has 1 amide bonds. The molecule has 1 aliphatic rings. The predicted octanol–water partition coefficient (Wildman–Crippen LogP) is 1.86. The SMILES string of the molecule is CC(C)(C)OC(=O)N1CCc2nc(C=O)sc2C1.CO. The fourth-order valence-corrected chi connectivity index (χ4v) is 2.69. The quantitative estimate of drug-likeness (QED) is 0.801. The summed E-state index contributed by atoms with van der Waals surface area (Å²) in [6, 6.07) is 0. The zero-order valence-electron chi connectivity index (χ0n) is 12.2. The van der Waals surface area contributed by atoms with Crippen molar-refractivity contribution < 1.29 is 19.4 Å². The van der Waals surface area contributed by atoms with Crippen LogP contribution in [0.4, 0.5) is 4.79 Å². The number of hydrogen-bond donors (Lipinski definition) is 1. The fourth-order valence-electron chi connectivity index (χ4n) is 1.75. The first-order chi connectivity index (χ1) is 9.39. The number of nitrogens with zero attached hydrogens (tertiary/aromatic N) is 2. The van der Waals surface area contributed by atoms with Crippen LogP contribution < -0.4 is 0 Å². The molecule has 0 saturated heterocycles. The molecule has 0 aliphatic carbocycles. The molecular formula is C13H20N2O4S. The van der Waals surface area contributed by atoms with Crippen LogP contribution in [0, 0.1) is 0 Å². The highest BCUT2D eigenvalue weighted by molar-refractivity contribution is 7.13. The molecule has 1 N–H and O–H groups in total. The third kappa shape index (κ3) is 4.28. The Morgan fingerprint density at radius 3 is 2.65 bits per heavy atom. The Morgan fingerprint density at radius 1 is 1.45 bits per heavy atom. The number of aldehydes is 1. The summed E-state index contributed by atoms with van der Waals surface area (Å²) in [6.07, 6.45) is 1.12. The van der Waals surface area contributed by atoms with Crippen molar-refractivity contribution in [2.45, 2.75) is 39.3 Å². The van der Waals surface area contributed by atoms with Crippen LogP contribution in [0.5, 0.6) is 0 Å². The topological polar surface area (TPSA) is 79.7 Å². The third-order valence-corrected chi connectivity index (χ3v) is 3.51. The average molecular weight is 300 g/mol. The molecule has 112 valence electrons. The van der Waals surface area contributed by atoms with Crippen molar-refractivity contribution in [2.24, 2.45) is 0 Å². The van der Waals surface area contributed by atoms with Gasteiger partial charge in [0.15, 0.2) is 11.3 Å². The highest BCUT2D eigenvalue weighted by Gasteiger charge is 2.27. The number of carbonyl (C=O) groups is 2. The molecule has 6 nitrogen and oxygen atoms in total. The number of ether oxygens (including phenoxy) is 1. The number of fused-ring (bicyclic) bond motifs is 1. The minimum Gasteiger partial charge on any atom is -0.444 e. The summed E-state index contributed by atoms with van der Waals surface area (Å²) >= 11 is 1.35. The van der Waals surface area contributed by atoms with E-state index in [4.69, 9.17) is 9.84 Å². The highest BCUT2D eigenvalue weighted by atomic mass is 32.1. The lowest BCUT2D eigenvalue weighted by Crippen LogP contribution is -2.39. The van der Waals surface area contributed by atoms with Crippen molar-refractivity contribution in [3.8, 4) is 0 Å². The van der Waals surface area contributed by atoms with E-state index in [0.717, 1.165) is 24.0 Å². The minimum absolute atomic E-state index is 0.311. The molecule has 1 aromatic heterocycles. The van der Waals surface area contributed by atoms with Gasteiger partial charge in [-0.25, -0.2) is 9.78 Å². The Morgan fingerprint density at radius 2 is 2.10 bits per heavy atom. The summed E-state index contributed by atoms with van der Waals surface area (Å²) in [4.78, 5) is 29.4. The molecule has 2 heterocycles. The largest absolute Gasteiger partial charge is 0.444 e. The monoisotopic (exact) mass is 300 g/mol. The summed E-state index contributed by atoms with van der Waals surface area (Å²) < 4.78 is 5.33. The van der Waals surface area contributed by atoms with Gasteiger partial charge >= 0.3 is 6.09 Å². The highest BCUT2D eigenvalue weighted by Crippen LogP contribution is 2.25. The molecule has 0 spiro atoms. The first-order valence-corrected chi connectivity index (χ1v) is 7.07. The molecule has 0 saturated carbocycles. The lowest BCUT2D eigenvalue weighted by atomic mass is 10.2. The van der Waals surface area contributed by atoms with E-state index in [0.29, 0.717) is 24.5 Å². The van der Waals surface area contributed by atoms with E-state index < -0.39 is 5.60 Å². The second-order valence-corrected chi connectivity index (χ2v) is 6.31. The zero-order valence-corrected chi connectivity index (χ0v) is 13.0. The van der Waals surface area contributed by atoms with Gasteiger partial charge < -0.3 is 14.7 Å². The Hall–Kier alpha value is -1.47. The van der Waals surface area contributed by atoms with E-state index in [9.17, 15) is 9.59 Å². The van der Waals surface area contributed by atoms with Crippen molar-refractivity contribution in [1.29, 1.82) is 0 Å². The maximum absolute atomic E-state index is 11.9. The molecule has 0 aromatic carbocycles. The van der Waals surface area contributed by atoms with Crippen LogP contribution in [0.25, 0.3) is 0 Å². The number of amides is 1. The summed E-state index contributed by atoms with van der Waals surface area (Å²) in [5.41, 5.74) is 0.445. The van der Waals surface area contributed by atoms with Gasteiger partial charge in [-0.2, -0.15) is 0 Å². The van der Waals surface area contributed by atoms with E-state index in [1.165, 1.54) is 11.3 Å². The van der Waals surface area contributed by atoms with Gasteiger partial charge in [-0.1, -0.05) is 0 Å². The van der Waals surface area contributed by atoms with Crippen molar-refractivity contribution in [1.82, 2.24) is 9.88 Å².